The first kappa shape index (κ1) is 18.8. The molecule has 0 saturated carbocycles. The SMILES string of the molecule is CCNC(=NCCCn1ccnc1)NCCc1ccc(C)c(OC)c1. The molecule has 0 bridgehead atoms. The molecule has 1 aromatic heterocycles. The lowest BCUT2D eigenvalue weighted by molar-refractivity contribution is 0.411. The number of nitrogens with zero attached hydrogens (tertiary/aromatic N) is 3. The number of hydrogen-bond acceptors (Lipinski definition) is 3. The van der Waals surface area contributed by atoms with Gasteiger partial charge in [-0.25, -0.2) is 4.98 Å². The lowest BCUT2D eigenvalue weighted by atomic mass is 10.1. The Bertz CT molecular complexity index is 652. The number of methoxy groups -OCH3 is 1. The van der Waals surface area contributed by atoms with E-state index in [0.29, 0.717) is 0 Å². The first-order chi connectivity index (χ1) is 12.2. The molecule has 1 aromatic carbocycles. The average Bonchev–Trinajstić information content (AvgIpc) is 3.13. The maximum atomic E-state index is 5.38. The zero-order valence-corrected chi connectivity index (χ0v) is 15.5. The zero-order valence-electron chi connectivity index (χ0n) is 15.5. The van der Waals surface area contributed by atoms with E-state index in [1.54, 1.807) is 13.3 Å². The molecule has 2 N–H and O–H groups in total. The molecule has 2 aromatic rings. The maximum absolute atomic E-state index is 5.38. The lowest BCUT2D eigenvalue weighted by Gasteiger charge is -2.12. The van der Waals surface area contributed by atoms with E-state index < -0.39 is 0 Å². The molecule has 6 heteroatoms. The van der Waals surface area contributed by atoms with E-state index in [1.807, 2.05) is 12.5 Å². The first-order valence-corrected chi connectivity index (χ1v) is 8.84. The van der Waals surface area contributed by atoms with Gasteiger partial charge in [-0.1, -0.05) is 12.1 Å². The molecule has 0 radical (unpaired) electrons. The number of nitrogens with one attached hydrogen (secondary N) is 2. The summed E-state index contributed by atoms with van der Waals surface area (Å²) in [6, 6.07) is 6.35. The first-order valence-electron chi connectivity index (χ1n) is 8.84. The van der Waals surface area contributed by atoms with Crippen molar-refractivity contribution in [2.75, 3.05) is 26.7 Å². The summed E-state index contributed by atoms with van der Waals surface area (Å²) >= 11 is 0. The molecule has 6 nitrogen and oxygen atoms in total. The second-order valence-electron chi connectivity index (χ2n) is 5.90. The van der Waals surface area contributed by atoms with E-state index in [0.717, 1.165) is 56.3 Å². The van der Waals surface area contributed by atoms with Crippen LogP contribution in [-0.4, -0.2) is 42.3 Å². The Labute approximate surface area is 150 Å². The highest BCUT2D eigenvalue weighted by atomic mass is 16.5. The molecule has 0 aliphatic carbocycles. The normalized spacial score (nSPS) is 11.4. The zero-order chi connectivity index (χ0) is 17.9. The number of imidazole rings is 1. The third-order valence-corrected chi connectivity index (χ3v) is 3.93. The second kappa shape index (κ2) is 10.4. The van der Waals surface area contributed by atoms with Crippen LogP contribution in [-0.2, 0) is 13.0 Å². The van der Waals surface area contributed by atoms with Crippen LogP contribution >= 0.6 is 0 Å². The highest BCUT2D eigenvalue weighted by molar-refractivity contribution is 5.79. The molecule has 0 atom stereocenters. The van der Waals surface area contributed by atoms with Crippen LogP contribution in [0.2, 0.25) is 0 Å². The number of ether oxygens (including phenoxy) is 1. The number of rotatable bonds is 9. The van der Waals surface area contributed by atoms with Gasteiger partial charge in [-0.15, -0.1) is 0 Å². The highest BCUT2D eigenvalue weighted by Crippen LogP contribution is 2.18. The van der Waals surface area contributed by atoms with Crippen molar-refractivity contribution in [3.8, 4) is 5.75 Å². The van der Waals surface area contributed by atoms with Gasteiger partial charge in [0.15, 0.2) is 5.96 Å². The van der Waals surface area contributed by atoms with Crippen LogP contribution in [0.1, 0.15) is 24.5 Å². The van der Waals surface area contributed by atoms with Gasteiger partial charge in [0.05, 0.1) is 13.4 Å². The van der Waals surface area contributed by atoms with Crippen LogP contribution in [0.3, 0.4) is 0 Å². The smallest absolute Gasteiger partial charge is 0.191 e. The molecule has 0 unspecified atom stereocenters. The van der Waals surface area contributed by atoms with Crippen LogP contribution in [0.25, 0.3) is 0 Å². The standard InChI is InChI=1S/C19H29N5O/c1-4-21-19(22-9-5-12-24-13-11-20-15-24)23-10-8-17-7-6-16(2)18(14-17)25-3/h6-7,11,13-15H,4-5,8-10,12H2,1-3H3,(H2,21,22,23). The predicted octanol–water partition coefficient (Wildman–Crippen LogP) is 2.39. The van der Waals surface area contributed by atoms with Crippen molar-refractivity contribution >= 4 is 5.96 Å². The topological polar surface area (TPSA) is 63.5 Å². The van der Waals surface area contributed by atoms with Gasteiger partial charge >= 0.3 is 0 Å². The summed E-state index contributed by atoms with van der Waals surface area (Å²) in [7, 11) is 1.71. The van der Waals surface area contributed by atoms with Crippen LogP contribution in [0.4, 0.5) is 0 Å². The summed E-state index contributed by atoms with van der Waals surface area (Å²) in [6.45, 7) is 7.54. The summed E-state index contributed by atoms with van der Waals surface area (Å²) in [5.74, 6) is 1.81. The fourth-order valence-electron chi connectivity index (χ4n) is 2.55. The summed E-state index contributed by atoms with van der Waals surface area (Å²) < 4.78 is 7.45. The van der Waals surface area contributed by atoms with Gasteiger partial charge in [-0.05, 0) is 43.9 Å². The van der Waals surface area contributed by atoms with Crippen LogP contribution < -0.4 is 15.4 Å². The molecule has 0 aliphatic rings. The van der Waals surface area contributed by atoms with Gasteiger partial charge in [0.1, 0.15) is 5.75 Å². The van der Waals surface area contributed by atoms with E-state index >= 15 is 0 Å². The number of aliphatic imine (C=N–C) groups is 1. The van der Waals surface area contributed by atoms with Crippen LogP contribution in [0.5, 0.6) is 5.75 Å². The molecule has 1 heterocycles. The number of aryl methyl sites for hydroxylation is 2. The van der Waals surface area contributed by atoms with E-state index in [9.17, 15) is 0 Å². The molecular weight excluding hydrogens is 314 g/mol. The fraction of sp³-hybridized carbons (Fsp3) is 0.474. The van der Waals surface area contributed by atoms with Crippen molar-refractivity contribution in [2.24, 2.45) is 4.99 Å². The van der Waals surface area contributed by atoms with Crippen molar-refractivity contribution in [2.45, 2.75) is 33.2 Å². The van der Waals surface area contributed by atoms with Crippen molar-refractivity contribution < 1.29 is 4.74 Å². The van der Waals surface area contributed by atoms with E-state index in [1.165, 1.54) is 5.56 Å². The van der Waals surface area contributed by atoms with Crippen molar-refractivity contribution in [1.82, 2.24) is 20.2 Å². The number of hydrogen-bond donors (Lipinski definition) is 2. The molecule has 25 heavy (non-hydrogen) atoms. The second-order valence-corrected chi connectivity index (χ2v) is 5.90. The van der Waals surface area contributed by atoms with E-state index in [-0.39, 0.29) is 0 Å². The Balaban J connectivity index is 1.77. The quantitative estimate of drug-likeness (QED) is 0.417. The van der Waals surface area contributed by atoms with Crippen molar-refractivity contribution in [1.29, 1.82) is 0 Å². The number of guanidine groups is 1. The Morgan fingerprint density at radius 3 is 2.92 bits per heavy atom. The molecule has 0 spiro atoms. The minimum atomic E-state index is 0.784. The van der Waals surface area contributed by atoms with Gasteiger partial charge < -0.3 is 19.9 Å². The van der Waals surface area contributed by atoms with Gasteiger partial charge in [0.2, 0.25) is 0 Å². The number of benzene rings is 1. The molecular formula is C19H29N5O. The Kier molecular flexibility index (Phi) is 7.82. The largest absolute Gasteiger partial charge is 0.496 e. The molecule has 0 fully saturated rings. The monoisotopic (exact) mass is 343 g/mol. The maximum Gasteiger partial charge on any atom is 0.191 e. The lowest BCUT2D eigenvalue weighted by Crippen LogP contribution is -2.38. The minimum absolute atomic E-state index is 0.784. The van der Waals surface area contributed by atoms with Gasteiger partial charge in [0.25, 0.3) is 0 Å². The van der Waals surface area contributed by atoms with E-state index in [4.69, 9.17) is 4.74 Å². The molecule has 0 amide bonds. The summed E-state index contributed by atoms with van der Waals surface area (Å²) in [4.78, 5) is 8.67. The highest BCUT2D eigenvalue weighted by Gasteiger charge is 2.02. The Morgan fingerprint density at radius 1 is 1.32 bits per heavy atom. The summed E-state index contributed by atoms with van der Waals surface area (Å²) in [5, 5.41) is 6.68. The minimum Gasteiger partial charge on any atom is -0.496 e. The Hall–Kier alpha value is -2.50. The fourth-order valence-corrected chi connectivity index (χ4v) is 2.55. The van der Waals surface area contributed by atoms with Crippen LogP contribution in [0.15, 0.2) is 41.9 Å². The van der Waals surface area contributed by atoms with Crippen molar-refractivity contribution in [3.63, 3.8) is 0 Å². The average molecular weight is 343 g/mol. The molecule has 2 rings (SSSR count). The molecule has 0 aliphatic heterocycles. The van der Waals surface area contributed by atoms with Gasteiger partial charge in [-0.2, -0.15) is 0 Å². The van der Waals surface area contributed by atoms with Gasteiger partial charge in [-0.3, -0.25) is 4.99 Å². The molecule has 136 valence electrons. The van der Waals surface area contributed by atoms with Gasteiger partial charge in [0, 0.05) is 38.6 Å². The summed E-state index contributed by atoms with van der Waals surface area (Å²) in [6.07, 6.45) is 7.53. The predicted molar refractivity (Wildman–Crippen MR) is 102 cm³/mol. The van der Waals surface area contributed by atoms with Crippen molar-refractivity contribution in [3.05, 3.63) is 48.0 Å². The Morgan fingerprint density at radius 2 is 2.20 bits per heavy atom. The third kappa shape index (κ3) is 6.49. The third-order valence-electron chi connectivity index (χ3n) is 3.93. The molecule has 0 saturated heterocycles. The van der Waals surface area contributed by atoms with E-state index in [2.05, 4.69) is 57.2 Å². The van der Waals surface area contributed by atoms with Crippen LogP contribution in [0, 0.1) is 6.92 Å². The number of aromatic nitrogens is 2. The summed E-state index contributed by atoms with van der Waals surface area (Å²) in [5.41, 5.74) is 2.41.